The van der Waals surface area contributed by atoms with Crippen LogP contribution in [-0.4, -0.2) is 112 Å². The van der Waals surface area contributed by atoms with Crippen LogP contribution in [0.2, 0.25) is 0 Å². The van der Waals surface area contributed by atoms with Crippen LogP contribution in [0.4, 0.5) is 5.82 Å². The lowest BCUT2D eigenvalue weighted by Crippen LogP contribution is -2.55. The number of carboxylic acid groups (broad SMARTS) is 2. The van der Waals surface area contributed by atoms with Crippen molar-refractivity contribution in [1.29, 1.82) is 0 Å². The Morgan fingerprint density at radius 1 is 1.28 bits per heavy atom. The molecule has 3 heterocycles. The number of aliphatic hydroxyl groups is 2. The van der Waals surface area contributed by atoms with Crippen molar-refractivity contribution in [2.75, 3.05) is 31.6 Å². The zero-order valence-corrected chi connectivity index (χ0v) is 18.0. The third-order valence-corrected chi connectivity index (χ3v) is 5.47. The van der Waals surface area contributed by atoms with Crippen LogP contribution in [0.3, 0.4) is 0 Å². The van der Waals surface area contributed by atoms with Gasteiger partial charge in [-0.3, -0.25) is 14.2 Å². The SMILES string of the molecule is CN(CC(=O)O)N(C[C@H]1O[C@@H](n2cnc3c(N)ncnc32)[C@H](O)[C@@H]1O)[C@@H](CCS)C(=O)O. The molecule has 14 nitrogen and oxygen atoms in total. The molecule has 0 bridgehead atoms. The molecule has 2 aromatic heterocycles. The van der Waals surface area contributed by atoms with Gasteiger partial charge in [-0.05, 0) is 12.2 Å². The number of hydrazine groups is 1. The maximum Gasteiger partial charge on any atom is 0.322 e. The summed E-state index contributed by atoms with van der Waals surface area (Å²) in [6.45, 7) is -0.680. The molecule has 0 radical (unpaired) electrons. The van der Waals surface area contributed by atoms with Gasteiger partial charge in [-0.2, -0.15) is 12.6 Å². The number of anilines is 1. The summed E-state index contributed by atoms with van der Waals surface area (Å²) in [5.41, 5.74) is 6.36. The summed E-state index contributed by atoms with van der Waals surface area (Å²) in [6.07, 6.45) is -2.26. The third-order valence-electron chi connectivity index (χ3n) is 5.22. The number of likely N-dealkylation sites (N-methyl/N-ethyl adjacent to an activating group) is 1. The van der Waals surface area contributed by atoms with Crippen molar-refractivity contribution < 1.29 is 34.8 Å². The van der Waals surface area contributed by atoms with Gasteiger partial charge in [0.05, 0.1) is 6.33 Å². The van der Waals surface area contributed by atoms with Crippen molar-refractivity contribution in [2.24, 2.45) is 0 Å². The third kappa shape index (κ3) is 4.77. The van der Waals surface area contributed by atoms with Crippen LogP contribution >= 0.6 is 12.6 Å². The van der Waals surface area contributed by atoms with E-state index in [-0.39, 0.29) is 30.2 Å². The van der Waals surface area contributed by atoms with Crippen LogP contribution in [0.15, 0.2) is 12.7 Å². The van der Waals surface area contributed by atoms with Gasteiger partial charge in [0.1, 0.15) is 42.7 Å². The average molecular weight is 471 g/mol. The van der Waals surface area contributed by atoms with Gasteiger partial charge in [0, 0.05) is 13.6 Å². The fourth-order valence-electron chi connectivity index (χ4n) is 3.66. The molecular formula is C17H25N7O7S. The standard InChI is InChI=1S/C17H25N7O7S/c1-22(5-10(25)26)24(8(2-3-32)17(29)30)4-9-12(27)13(28)16(31-9)23-7-21-11-14(18)19-6-20-15(11)23/h6-9,12-13,16,27-28,32H,2-5H2,1H3,(H,25,26)(H,29,30)(H2,18,19,20)/t8-,9+,12+,13+,16+/m0/s1. The Bertz CT molecular complexity index is 976. The molecule has 0 saturated carbocycles. The molecule has 0 spiro atoms. The maximum absolute atomic E-state index is 11.8. The van der Waals surface area contributed by atoms with Crippen molar-refractivity contribution in [3.8, 4) is 0 Å². The van der Waals surface area contributed by atoms with E-state index in [1.165, 1.54) is 34.3 Å². The number of hydrogen-bond donors (Lipinski definition) is 6. The number of nitrogens with two attached hydrogens (primary N) is 1. The lowest BCUT2D eigenvalue weighted by molar-refractivity contribution is -0.163. The number of hydrogen-bond acceptors (Lipinski definition) is 12. The normalized spacial score (nSPS) is 24.4. The number of thiol groups is 1. The number of carbonyl (C=O) groups is 2. The van der Waals surface area contributed by atoms with E-state index in [1.807, 2.05) is 0 Å². The van der Waals surface area contributed by atoms with Crippen LogP contribution in [0.5, 0.6) is 0 Å². The number of rotatable bonds is 10. The molecule has 3 rings (SSSR count). The fraction of sp³-hybridized carbons (Fsp3) is 0.588. The second-order valence-electron chi connectivity index (χ2n) is 7.33. The Morgan fingerprint density at radius 3 is 2.62 bits per heavy atom. The van der Waals surface area contributed by atoms with E-state index in [4.69, 9.17) is 15.6 Å². The highest BCUT2D eigenvalue weighted by molar-refractivity contribution is 7.80. The molecule has 1 aliphatic heterocycles. The maximum atomic E-state index is 11.8. The van der Waals surface area contributed by atoms with Gasteiger partial charge >= 0.3 is 11.9 Å². The molecule has 32 heavy (non-hydrogen) atoms. The molecule has 0 amide bonds. The predicted molar refractivity (Wildman–Crippen MR) is 113 cm³/mol. The Hall–Kier alpha value is -2.56. The summed E-state index contributed by atoms with van der Waals surface area (Å²) in [5, 5.41) is 42.6. The minimum Gasteiger partial charge on any atom is -0.480 e. The number of fused-ring (bicyclic) bond motifs is 1. The summed E-state index contributed by atoms with van der Waals surface area (Å²) in [4.78, 5) is 35.1. The number of carboxylic acids is 2. The molecular weight excluding hydrogens is 446 g/mol. The van der Waals surface area contributed by atoms with Gasteiger partial charge in [-0.1, -0.05) is 0 Å². The van der Waals surface area contributed by atoms with Crippen molar-refractivity contribution >= 4 is 41.5 Å². The summed E-state index contributed by atoms with van der Waals surface area (Å²) in [5.74, 6) is -1.99. The van der Waals surface area contributed by atoms with Crippen molar-refractivity contribution in [1.82, 2.24) is 29.5 Å². The van der Waals surface area contributed by atoms with Crippen molar-refractivity contribution in [3.05, 3.63) is 12.7 Å². The minimum absolute atomic E-state index is 0.111. The Labute approximate surface area is 187 Å². The molecule has 1 saturated heterocycles. The Morgan fingerprint density at radius 2 is 2.00 bits per heavy atom. The first-order valence-electron chi connectivity index (χ1n) is 9.63. The number of nitrogen functional groups attached to an aromatic ring is 1. The second-order valence-corrected chi connectivity index (χ2v) is 7.77. The number of aliphatic hydroxyl groups excluding tert-OH is 2. The van der Waals surface area contributed by atoms with Crippen LogP contribution in [0.25, 0.3) is 11.2 Å². The zero-order valence-electron chi connectivity index (χ0n) is 17.1. The van der Waals surface area contributed by atoms with Crippen molar-refractivity contribution in [2.45, 2.75) is 37.0 Å². The van der Waals surface area contributed by atoms with Crippen LogP contribution in [-0.2, 0) is 14.3 Å². The van der Waals surface area contributed by atoms with Gasteiger partial charge in [-0.25, -0.2) is 25.0 Å². The number of ether oxygens (including phenoxy) is 1. The summed E-state index contributed by atoms with van der Waals surface area (Å²) < 4.78 is 7.26. The molecule has 6 N–H and O–H groups in total. The molecule has 176 valence electrons. The lowest BCUT2D eigenvalue weighted by atomic mass is 10.1. The van der Waals surface area contributed by atoms with Gasteiger partial charge in [-0.15, -0.1) is 0 Å². The molecule has 5 atom stereocenters. The number of imidazole rings is 1. The van der Waals surface area contributed by atoms with Crippen molar-refractivity contribution in [3.63, 3.8) is 0 Å². The van der Waals surface area contributed by atoms with E-state index >= 15 is 0 Å². The summed E-state index contributed by atoms with van der Waals surface area (Å²) in [6, 6.07) is -1.12. The number of aliphatic carboxylic acids is 2. The molecule has 15 heteroatoms. The highest BCUT2D eigenvalue weighted by Crippen LogP contribution is 2.33. The number of nitrogens with zero attached hydrogens (tertiary/aromatic N) is 6. The van der Waals surface area contributed by atoms with Crippen LogP contribution in [0, 0.1) is 0 Å². The van der Waals surface area contributed by atoms with E-state index < -0.39 is 49.1 Å². The second kappa shape index (κ2) is 9.93. The average Bonchev–Trinajstić information content (AvgIpc) is 3.27. The number of aromatic nitrogens is 4. The molecule has 1 aliphatic rings. The van der Waals surface area contributed by atoms with Crippen LogP contribution in [0.1, 0.15) is 12.6 Å². The first kappa shape index (κ1) is 24.1. The van der Waals surface area contributed by atoms with Crippen LogP contribution < -0.4 is 5.73 Å². The first-order valence-corrected chi connectivity index (χ1v) is 10.3. The molecule has 0 aliphatic carbocycles. The zero-order chi connectivity index (χ0) is 23.6. The summed E-state index contributed by atoms with van der Waals surface area (Å²) >= 11 is 4.09. The van der Waals surface area contributed by atoms with Gasteiger partial charge in [0.2, 0.25) is 0 Å². The minimum atomic E-state index is -1.40. The highest BCUT2D eigenvalue weighted by Gasteiger charge is 2.46. The first-order chi connectivity index (χ1) is 15.1. The van der Waals surface area contributed by atoms with E-state index in [1.54, 1.807) is 0 Å². The smallest absolute Gasteiger partial charge is 0.322 e. The van der Waals surface area contributed by atoms with E-state index in [0.29, 0.717) is 5.52 Å². The molecule has 0 aromatic carbocycles. The molecule has 2 aromatic rings. The highest BCUT2D eigenvalue weighted by atomic mass is 32.1. The molecule has 1 fully saturated rings. The largest absolute Gasteiger partial charge is 0.480 e. The van der Waals surface area contributed by atoms with E-state index in [2.05, 4.69) is 27.6 Å². The van der Waals surface area contributed by atoms with E-state index in [9.17, 15) is 24.9 Å². The lowest BCUT2D eigenvalue weighted by Gasteiger charge is -2.37. The van der Waals surface area contributed by atoms with E-state index in [0.717, 1.165) is 0 Å². The predicted octanol–water partition coefficient (Wildman–Crippen LogP) is -1.97. The monoisotopic (exact) mass is 471 g/mol. The quantitative estimate of drug-likeness (QED) is 0.165. The molecule has 0 unspecified atom stereocenters. The fourth-order valence-corrected chi connectivity index (χ4v) is 3.91. The van der Waals surface area contributed by atoms with Gasteiger partial charge in [0.25, 0.3) is 0 Å². The topological polar surface area (TPSA) is 200 Å². The summed E-state index contributed by atoms with van der Waals surface area (Å²) in [7, 11) is 1.42. The Kier molecular flexibility index (Phi) is 7.47. The Balaban J connectivity index is 1.87. The van der Waals surface area contributed by atoms with Gasteiger partial charge in [0.15, 0.2) is 17.7 Å². The van der Waals surface area contributed by atoms with Gasteiger partial charge < -0.3 is 30.9 Å².